The van der Waals surface area contributed by atoms with Crippen LogP contribution in [-0.2, 0) is 11.2 Å². The monoisotopic (exact) mass is 248 g/mol. The molecule has 18 heavy (non-hydrogen) atoms. The maximum atomic E-state index is 5.74. The summed E-state index contributed by atoms with van der Waals surface area (Å²) in [7, 11) is 1.85. The van der Waals surface area contributed by atoms with Crippen LogP contribution in [0.5, 0.6) is 0 Å². The van der Waals surface area contributed by atoms with Crippen LogP contribution in [0.2, 0.25) is 0 Å². The number of ether oxygens (including phenoxy) is 1. The molecule has 102 valence electrons. The van der Waals surface area contributed by atoms with Gasteiger partial charge in [-0.2, -0.15) is 0 Å². The van der Waals surface area contributed by atoms with Crippen molar-refractivity contribution in [2.75, 3.05) is 7.11 Å². The van der Waals surface area contributed by atoms with E-state index in [1.807, 2.05) is 7.11 Å². The molecule has 1 unspecified atom stereocenters. The first-order valence-electron chi connectivity index (χ1n) is 7.29. The third-order valence-corrected chi connectivity index (χ3v) is 3.84. The minimum Gasteiger partial charge on any atom is -0.379 e. The van der Waals surface area contributed by atoms with Crippen LogP contribution in [0.3, 0.4) is 0 Å². The molecule has 1 aromatic rings. The Morgan fingerprint density at radius 1 is 1.00 bits per heavy atom. The van der Waals surface area contributed by atoms with Crippen molar-refractivity contribution in [2.45, 2.75) is 64.4 Å². The number of hydrogen-bond acceptors (Lipinski definition) is 1. The predicted octanol–water partition coefficient (Wildman–Crippen LogP) is 4.99. The van der Waals surface area contributed by atoms with Gasteiger partial charge in [-0.1, -0.05) is 62.9 Å². The largest absolute Gasteiger partial charge is 0.379 e. The average Bonchev–Trinajstić information content (AvgIpc) is 2.43. The predicted molar refractivity (Wildman–Crippen MR) is 78.9 cm³/mol. The highest BCUT2D eigenvalue weighted by Crippen LogP contribution is 2.24. The van der Waals surface area contributed by atoms with Crippen LogP contribution in [0.4, 0.5) is 0 Å². The maximum Gasteiger partial charge on any atom is 0.0654 e. The standard InChI is InChI=1S/C17H28O/c1-4-5-6-10-14-17(2,18-3)15-13-16-11-8-7-9-12-16/h7-9,11-12H,4-6,10,13-15H2,1-3H3. The summed E-state index contributed by atoms with van der Waals surface area (Å²) in [4.78, 5) is 0. The number of unbranched alkanes of at least 4 members (excludes halogenated alkanes) is 3. The summed E-state index contributed by atoms with van der Waals surface area (Å²) in [6, 6.07) is 10.7. The summed E-state index contributed by atoms with van der Waals surface area (Å²) in [6.45, 7) is 4.51. The summed E-state index contributed by atoms with van der Waals surface area (Å²) in [5, 5.41) is 0. The van der Waals surface area contributed by atoms with Crippen LogP contribution in [0.1, 0.15) is 57.9 Å². The third-order valence-electron chi connectivity index (χ3n) is 3.84. The number of benzene rings is 1. The molecule has 0 aliphatic rings. The molecule has 1 nitrogen and oxygen atoms in total. The molecule has 1 heteroatoms. The lowest BCUT2D eigenvalue weighted by Gasteiger charge is -2.28. The van der Waals surface area contributed by atoms with E-state index in [0.29, 0.717) is 0 Å². The first-order valence-corrected chi connectivity index (χ1v) is 7.29. The van der Waals surface area contributed by atoms with Gasteiger partial charge in [-0.3, -0.25) is 0 Å². The minimum atomic E-state index is 0.0452. The van der Waals surface area contributed by atoms with E-state index in [-0.39, 0.29) is 5.60 Å². The van der Waals surface area contributed by atoms with Gasteiger partial charge in [0.25, 0.3) is 0 Å². The van der Waals surface area contributed by atoms with Crippen molar-refractivity contribution < 1.29 is 4.74 Å². The van der Waals surface area contributed by atoms with Gasteiger partial charge in [0.15, 0.2) is 0 Å². The van der Waals surface area contributed by atoms with E-state index in [1.165, 1.54) is 37.7 Å². The molecule has 0 N–H and O–H groups in total. The molecule has 0 aromatic heterocycles. The number of hydrogen-bond donors (Lipinski definition) is 0. The van der Waals surface area contributed by atoms with Crippen molar-refractivity contribution in [1.29, 1.82) is 0 Å². The van der Waals surface area contributed by atoms with Crippen LogP contribution in [0.25, 0.3) is 0 Å². The second kappa shape index (κ2) is 8.31. The summed E-state index contributed by atoms with van der Waals surface area (Å²) in [5.74, 6) is 0. The van der Waals surface area contributed by atoms with Crippen LogP contribution < -0.4 is 0 Å². The van der Waals surface area contributed by atoms with Gasteiger partial charge in [0.1, 0.15) is 0 Å². The smallest absolute Gasteiger partial charge is 0.0654 e. The van der Waals surface area contributed by atoms with Gasteiger partial charge in [-0.15, -0.1) is 0 Å². The molecule has 0 saturated carbocycles. The van der Waals surface area contributed by atoms with Crippen molar-refractivity contribution >= 4 is 0 Å². The second-order valence-corrected chi connectivity index (χ2v) is 5.45. The Bertz CT molecular complexity index is 307. The molecule has 0 amide bonds. The molecular formula is C17H28O. The lowest BCUT2D eigenvalue weighted by atomic mass is 9.91. The van der Waals surface area contributed by atoms with Crippen LogP contribution in [0, 0.1) is 0 Å². The van der Waals surface area contributed by atoms with Crippen molar-refractivity contribution in [3.05, 3.63) is 35.9 Å². The molecule has 1 atom stereocenters. The fourth-order valence-electron chi connectivity index (χ4n) is 2.31. The molecule has 0 aliphatic heterocycles. The fourth-order valence-corrected chi connectivity index (χ4v) is 2.31. The summed E-state index contributed by atoms with van der Waals surface area (Å²) < 4.78 is 5.74. The summed E-state index contributed by atoms with van der Waals surface area (Å²) in [6.07, 6.45) is 8.66. The highest BCUT2D eigenvalue weighted by atomic mass is 16.5. The van der Waals surface area contributed by atoms with Gasteiger partial charge in [0.2, 0.25) is 0 Å². The zero-order valence-corrected chi connectivity index (χ0v) is 12.2. The molecule has 0 fully saturated rings. The van der Waals surface area contributed by atoms with Crippen LogP contribution in [0.15, 0.2) is 30.3 Å². The topological polar surface area (TPSA) is 9.23 Å². The maximum absolute atomic E-state index is 5.74. The van der Waals surface area contributed by atoms with Gasteiger partial charge < -0.3 is 4.74 Å². The Kier molecular flexibility index (Phi) is 7.04. The molecule has 0 saturated heterocycles. The van der Waals surface area contributed by atoms with Crippen LogP contribution in [-0.4, -0.2) is 12.7 Å². The Labute approximate surface area is 113 Å². The molecule has 0 aliphatic carbocycles. The van der Waals surface area contributed by atoms with Gasteiger partial charge in [0.05, 0.1) is 5.60 Å². The minimum absolute atomic E-state index is 0.0452. The van der Waals surface area contributed by atoms with Crippen molar-refractivity contribution in [3.8, 4) is 0 Å². The Balaban J connectivity index is 2.35. The normalized spacial score (nSPS) is 14.4. The van der Waals surface area contributed by atoms with Gasteiger partial charge in [0, 0.05) is 7.11 Å². The van der Waals surface area contributed by atoms with Gasteiger partial charge in [-0.25, -0.2) is 0 Å². The molecule has 0 bridgehead atoms. The zero-order chi connectivity index (χ0) is 13.3. The number of aryl methyl sites for hydroxylation is 1. The summed E-state index contributed by atoms with van der Waals surface area (Å²) >= 11 is 0. The van der Waals surface area contributed by atoms with E-state index in [0.717, 1.165) is 12.8 Å². The Morgan fingerprint density at radius 2 is 1.72 bits per heavy atom. The number of methoxy groups -OCH3 is 1. The SMILES string of the molecule is CCCCCCC(C)(CCc1ccccc1)OC. The Hall–Kier alpha value is -0.820. The quantitative estimate of drug-likeness (QED) is 0.559. The van der Waals surface area contributed by atoms with E-state index in [4.69, 9.17) is 4.74 Å². The third kappa shape index (κ3) is 5.68. The molecule has 0 heterocycles. The lowest BCUT2D eigenvalue weighted by Crippen LogP contribution is -2.27. The van der Waals surface area contributed by atoms with Gasteiger partial charge >= 0.3 is 0 Å². The highest BCUT2D eigenvalue weighted by molar-refractivity contribution is 5.15. The van der Waals surface area contributed by atoms with Crippen LogP contribution >= 0.6 is 0 Å². The first kappa shape index (κ1) is 15.2. The van der Waals surface area contributed by atoms with Crippen molar-refractivity contribution in [2.24, 2.45) is 0 Å². The van der Waals surface area contributed by atoms with Crippen molar-refractivity contribution in [1.82, 2.24) is 0 Å². The van der Waals surface area contributed by atoms with E-state index >= 15 is 0 Å². The molecule has 1 rings (SSSR count). The van der Waals surface area contributed by atoms with E-state index < -0.39 is 0 Å². The lowest BCUT2D eigenvalue weighted by molar-refractivity contribution is -0.00984. The second-order valence-electron chi connectivity index (χ2n) is 5.45. The zero-order valence-electron chi connectivity index (χ0n) is 12.2. The molecule has 0 spiro atoms. The summed E-state index contributed by atoms with van der Waals surface area (Å²) in [5.41, 5.74) is 1.46. The van der Waals surface area contributed by atoms with E-state index in [9.17, 15) is 0 Å². The highest BCUT2D eigenvalue weighted by Gasteiger charge is 2.22. The first-order chi connectivity index (χ1) is 8.70. The van der Waals surface area contributed by atoms with E-state index in [2.05, 4.69) is 44.2 Å². The molecule has 1 aromatic carbocycles. The molecule has 0 radical (unpaired) electrons. The van der Waals surface area contributed by atoms with E-state index in [1.54, 1.807) is 0 Å². The van der Waals surface area contributed by atoms with Gasteiger partial charge in [-0.05, 0) is 31.7 Å². The fraction of sp³-hybridized carbons (Fsp3) is 0.647. The number of rotatable bonds is 9. The Morgan fingerprint density at radius 3 is 2.33 bits per heavy atom. The average molecular weight is 248 g/mol. The van der Waals surface area contributed by atoms with Crippen molar-refractivity contribution in [3.63, 3.8) is 0 Å². The molecular weight excluding hydrogens is 220 g/mol.